The predicted octanol–water partition coefficient (Wildman–Crippen LogP) is 2.45. The average Bonchev–Trinajstić information content (AvgIpc) is 2.53. The van der Waals surface area contributed by atoms with E-state index in [1.165, 1.54) is 38.5 Å². The number of likely N-dealkylation sites (N-methyl/N-ethyl adjacent to an activating group) is 1. The number of hydrogen-bond acceptors (Lipinski definition) is 4. The number of aliphatic hydroxyl groups is 1. The summed E-state index contributed by atoms with van der Waals surface area (Å²) in [7, 11) is 2.11. The summed E-state index contributed by atoms with van der Waals surface area (Å²) in [5.41, 5.74) is 0. The molecule has 0 bridgehead atoms. The van der Waals surface area contributed by atoms with Crippen LogP contribution in [-0.2, 0) is 9.47 Å². The molecule has 1 aliphatic heterocycles. The van der Waals surface area contributed by atoms with E-state index in [-0.39, 0.29) is 12.2 Å². The Kier molecular flexibility index (Phi) is 8.01. The second kappa shape index (κ2) is 9.78. The van der Waals surface area contributed by atoms with Gasteiger partial charge in [0.05, 0.1) is 18.8 Å². The van der Waals surface area contributed by atoms with Crippen molar-refractivity contribution in [3.8, 4) is 0 Å². The lowest BCUT2D eigenvalue weighted by Gasteiger charge is -2.27. The summed E-state index contributed by atoms with van der Waals surface area (Å²) in [6.07, 6.45) is 10.2. The van der Waals surface area contributed by atoms with E-state index >= 15 is 0 Å². The van der Waals surface area contributed by atoms with E-state index in [4.69, 9.17) is 9.47 Å². The van der Waals surface area contributed by atoms with Gasteiger partial charge in [0.15, 0.2) is 0 Å². The summed E-state index contributed by atoms with van der Waals surface area (Å²) in [5, 5.41) is 10.1. The highest BCUT2D eigenvalue weighted by molar-refractivity contribution is 4.69. The Labute approximate surface area is 129 Å². The van der Waals surface area contributed by atoms with Gasteiger partial charge >= 0.3 is 0 Å². The molecular formula is C17H33NO3. The molecule has 1 heterocycles. The molecule has 0 radical (unpaired) electrons. The molecule has 1 atom stereocenters. The minimum atomic E-state index is -0.371. The highest BCUT2D eigenvalue weighted by Crippen LogP contribution is 2.26. The molecule has 1 saturated heterocycles. The zero-order valence-electron chi connectivity index (χ0n) is 13.6. The van der Waals surface area contributed by atoms with Crippen LogP contribution in [0.4, 0.5) is 0 Å². The third-order valence-electron chi connectivity index (χ3n) is 4.86. The Morgan fingerprint density at radius 1 is 1.14 bits per heavy atom. The van der Waals surface area contributed by atoms with E-state index < -0.39 is 0 Å². The molecule has 1 saturated carbocycles. The average molecular weight is 299 g/mol. The first-order valence-corrected chi connectivity index (χ1v) is 8.80. The third-order valence-corrected chi connectivity index (χ3v) is 4.86. The fraction of sp³-hybridized carbons (Fsp3) is 1.00. The Hall–Kier alpha value is -0.160. The van der Waals surface area contributed by atoms with Crippen LogP contribution in [0.1, 0.15) is 51.4 Å². The fourth-order valence-electron chi connectivity index (χ4n) is 3.47. The molecule has 2 rings (SSSR count). The largest absolute Gasteiger partial charge is 0.389 e. The Balaban J connectivity index is 1.52. The van der Waals surface area contributed by atoms with Crippen LogP contribution < -0.4 is 0 Å². The third kappa shape index (κ3) is 7.09. The molecule has 4 heteroatoms. The van der Waals surface area contributed by atoms with Crippen LogP contribution in [0.5, 0.6) is 0 Å². The molecule has 1 unspecified atom stereocenters. The van der Waals surface area contributed by atoms with Gasteiger partial charge < -0.3 is 19.5 Å². The first kappa shape index (κ1) is 17.2. The van der Waals surface area contributed by atoms with Gasteiger partial charge in [-0.1, -0.05) is 32.1 Å². The van der Waals surface area contributed by atoms with E-state index in [0.717, 1.165) is 45.1 Å². The van der Waals surface area contributed by atoms with Crippen molar-refractivity contribution in [3.05, 3.63) is 0 Å². The lowest BCUT2D eigenvalue weighted by molar-refractivity contribution is -0.0632. The zero-order valence-corrected chi connectivity index (χ0v) is 13.6. The molecule has 0 aromatic rings. The Bertz CT molecular complexity index is 237. The van der Waals surface area contributed by atoms with Crippen molar-refractivity contribution in [3.63, 3.8) is 0 Å². The van der Waals surface area contributed by atoms with Gasteiger partial charge in [-0.3, -0.25) is 0 Å². The minimum absolute atomic E-state index is 0.279. The summed E-state index contributed by atoms with van der Waals surface area (Å²) in [4.78, 5) is 2.26. The molecule has 0 aromatic heterocycles. The van der Waals surface area contributed by atoms with Gasteiger partial charge in [-0.2, -0.15) is 0 Å². The number of rotatable bonds is 8. The molecule has 0 spiro atoms. The lowest BCUT2D eigenvalue weighted by atomic mass is 9.87. The smallest absolute Gasteiger partial charge is 0.0900 e. The zero-order chi connectivity index (χ0) is 14.9. The van der Waals surface area contributed by atoms with Crippen molar-refractivity contribution in [1.82, 2.24) is 4.90 Å². The molecule has 0 aromatic carbocycles. The van der Waals surface area contributed by atoms with Gasteiger partial charge in [-0.15, -0.1) is 0 Å². The molecule has 21 heavy (non-hydrogen) atoms. The molecule has 2 fully saturated rings. The predicted molar refractivity (Wildman–Crippen MR) is 84.5 cm³/mol. The van der Waals surface area contributed by atoms with Crippen molar-refractivity contribution >= 4 is 0 Å². The van der Waals surface area contributed by atoms with Crippen LogP contribution in [-0.4, -0.2) is 62.2 Å². The maximum Gasteiger partial charge on any atom is 0.0900 e. The van der Waals surface area contributed by atoms with Crippen molar-refractivity contribution in [2.75, 3.05) is 40.0 Å². The fourth-order valence-corrected chi connectivity index (χ4v) is 3.47. The Morgan fingerprint density at radius 2 is 1.86 bits per heavy atom. The van der Waals surface area contributed by atoms with Crippen molar-refractivity contribution < 1.29 is 14.6 Å². The minimum Gasteiger partial charge on any atom is -0.389 e. The first-order valence-electron chi connectivity index (χ1n) is 8.80. The summed E-state index contributed by atoms with van der Waals surface area (Å²) >= 11 is 0. The molecule has 0 amide bonds. The van der Waals surface area contributed by atoms with Crippen molar-refractivity contribution in [2.45, 2.75) is 63.6 Å². The van der Waals surface area contributed by atoms with Crippen LogP contribution in [0.15, 0.2) is 0 Å². The van der Waals surface area contributed by atoms with E-state index in [1.54, 1.807) is 0 Å². The normalized spacial score (nSPS) is 23.6. The molecular weight excluding hydrogens is 266 g/mol. The highest BCUT2D eigenvalue weighted by Gasteiger charge is 2.18. The van der Waals surface area contributed by atoms with Gasteiger partial charge in [0, 0.05) is 19.8 Å². The van der Waals surface area contributed by atoms with Gasteiger partial charge in [-0.05, 0) is 38.8 Å². The quantitative estimate of drug-likeness (QED) is 0.747. The van der Waals surface area contributed by atoms with Gasteiger partial charge in [-0.25, -0.2) is 0 Å². The topological polar surface area (TPSA) is 41.9 Å². The maximum atomic E-state index is 10.1. The SMILES string of the molecule is CN(CCC1CCCCC1)CC(O)COC1CCOCC1. The monoisotopic (exact) mass is 299 g/mol. The second-order valence-electron chi connectivity index (χ2n) is 6.85. The summed E-state index contributed by atoms with van der Waals surface area (Å²) in [5.74, 6) is 0.914. The van der Waals surface area contributed by atoms with E-state index in [9.17, 15) is 5.11 Å². The molecule has 1 aliphatic carbocycles. The van der Waals surface area contributed by atoms with Crippen molar-refractivity contribution in [1.29, 1.82) is 0 Å². The van der Waals surface area contributed by atoms with Crippen LogP contribution in [0.25, 0.3) is 0 Å². The lowest BCUT2D eigenvalue weighted by Crippen LogP contribution is -2.35. The van der Waals surface area contributed by atoms with Crippen LogP contribution in [0, 0.1) is 5.92 Å². The second-order valence-corrected chi connectivity index (χ2v) is 6.85. The molecule has 124 valence electrons. The van der Waals surface area contributed by atoms with E-state index in [2.05, 4.69) is 11.9 Å². The van der Waals surface area contributed by atoms with Crippen LogP contribution in [0.2, 0.25) is 0 Å². The standard InChI is InChI=1S/C17H33NO3/c1-18(10-7-15-5-3-2-4-6-15)13-16(19)14-21-17-8-11-20-12-9-17/h15-17,19H,2-14H2,1H3. The number of nitrogens with zero attached hydrogens (tertiary/aromatic N) is 1. The maximum absolute atomic E-state index is 10.1. The summed E-state index contributed by atoms with van der Waals surface area (Å²) in [6, 6.07) is 0. The van der Waals surface area contributed by atoms with E-state index in [0.29, 0.717) is 6.61 Å². The molecule has 4 nitrogen and oxygen atoms in total. The highest BCUT2D eigenvalue weighted by atomic mass is 16.5. The molecule has 1 N–H and O–H groups in total. The van der Waals surface area contributed by atoms with Gasteiger partial charge in [0.25, 0.3) is 0 Å². The number of aliphatic hydroxyl groups excluding tert-OH is 1. The van der Waals surface area contributed by atoms with Crippen LogP contribution in [0.3, 0.4) is 0 Å². The summed E-state index contributed by atoms with van der Waals surface area (Å²) in [6.45, 7) is 3.86. The summed E-state index contributed by atoms with van der Waals surface area (Å²) < 4.78 is 11.1. The van der Waals surface area contributed by atoms with Crippen LogP contribution >= 0.6 is 0 Å². The van der Waals surface area contributed by atoms with Crippen molar-refractivity contribution in [2.24, 2.45) is 5.92 Å². The number of hydrogen-bond donors (Lipinski definition) is 1. The van der Waals surface area contributed by atoms with Gasteiger partial charge in [0.2, 0.25) is 0 Å². The number of ether oxygens (including phenoxy) is 2. The van der Waals surface area contributed by atoms with Gasteiger partial charge in [0.1, 0.15) is 0 Å². The first-order chi connectivity index (χ1) is 10.2. The molecule has 2 aliphatic rings. The van der Waals surface area contributed by atoms with E-state index in [1.807, 2.05) is 0 Å². The Morgan fingerprint density at radius 3 is 2.57 bits per heavy atom.